The molecule has 0 unspecified atom stereocenters. The quantitative estimate of drug-likeness (QED) is 0.735. The van der Waals surface area contributed by atoms with E-state index >= 15 is 0 Å². The highest BCUT2D eigenvalue weighted by Gasteiger charge is 2.21. The van der Waals surface area contributed by atoms with E-state index in [9.17, 15) is 8.42 Å². The number of aromatic nitrogens is 2. The maximum Gasteiger partial charge on any atom is 0.240 e. The van der Waals surface area contributed by atoms with Gasteiger partial charge in [-0.1, -0.05) is 18.2 Å². The van der Waals surface area contributed by atoms with Gasteiger partial charge < -0.3 is 4.74 Å². The zero-order valence-corrected chi connectivity index (χ0v) is 16.1. The zero-order valence-electron chi connectivity index (χ0n) is 15.3. The Kier molecular flexibility index (Phi) is 4.49. The highest BCUT2D eigenvalue weighted by Crippen LogP contribution is 2.27. The molecule has 1 aromatic heterocycles. The van der Waals surface area contributed by atoms with Crippen molar-refractivity contribution in [1.29, 1.82) is 0 Å². The summed E-state index contributed by atoms with van der Waals surface area (Å²) < 4.78 is 35.4. The summed E-state index contributed by atoms with van der Waals surface area (Å²) in [4.78, 5) is 0.262. The maximum absolute atomic E-state index is 12.7. The van der Waals surface area contributed by atoms with E-state index in [2.05, 4.69) is 9.82 Å². The second-order valence-corrected chi connectivity index (χ2v) is 8.36. The van der Waals surface area contributed by atoms with Gasteiger partial charge in [-0.3, -0.25) is 0 Å². The van der Waals surface area contributed by atoms with Gasteiger partial charge in [0.05, 0.1) is 22.9 Å². The van der Waals surface area contributed by atoms with Crippen molar-refractivity contribution in [3.8, 4) is 11.4 Å². The molecule has 27 heavy (non-hydrogen) atoms. The standard InChI is InChI=1S/C20H21N3O3S/c1-14-19(15(2)23(22-14)17-6-4-3-5-7-17)13-21-27(24,25)18-8-9-20-16(12-18)10-11-26-20/h3-9,12,21H,10-11,13H2,1-2H3. The third kappa shape index (κ3) is 3.36. The van der Waals surface area contributed by atoms with Gasteiger partial charge >= 0.3 is 0 Å². The number of nitrogens with zero attached hydrogens (tertiary/aromatic N) is 2. The average Bonchev–Trinajstić information content (AvgIpc) is 3.24. The summed E-state index contributed by atoms with van der Waals surface area (Å²) in [7, 11) is -3.61. The van der Waals surface area contributed by atoms with E-state index in [4.69, 9.17) is 4.74 Å². The van der Waals surface area contributed by atoms with Gasteiger partial charge in [0.2, 0.25) is 10.0 Å². The molecule has 0 aliphatic carbocycles. The molecule has 0 fully saturated rings. The fraction of sp³-hybridized carbons (Fsp3) is 0.250. The Labute approximate surface area is 158 Å². The Hall–Kier alpha value is -2.64. The highest BCUT2D eigenvalue weighted by molar-refractivity contribution is 7.89. The van der Waals surface area contributed by atoms with E-state index in [1.54, 1.807) is 18.2 Å². The minimum atomic E-state index is -3.61. The first-order valence-electron chi connectivity index (χ1n) is 8.81. The number of fused-ring (bicyclic) bond motifs is 1. The van der Waals surface area contributed by atoms with Crippen LogP contribution >= 0.6 is 0 Å². The summed E-state index contributed by atoms with van der Waals surface area (Å²) in [6.45, 7) is 4.63. The van der Waals surface area contributed by atoms with Crippen LogP contribution in [0, 0.1) is 13.8 Å². The van der Waals surface area contributed by atoms with Crippen molar-refractivity contribution in [1.82, 2.24) is 14.5 Å². The largest absolute Gasteiger partial charge is 0.493 e. The Balaban J connectivity index is 1.57. The number of hydrogen-bond acceptors (Lipinski definition) is 4. The van der Waals surface area contributed by atoms with Crippen LogP contribution < -0.4 is 9.46 Å². The molecule has 1 aliphatic rings. The summed E-state index contributed by atoms with van der Waals surface area (Å²) in [5.41, 5.74) is 4.49. The molecule has 0 saturated heterocycles. The predicted octanol–water partition coefficient (Wildman–Crippen LogP) is 2.90. The van der Waals surface area contributed by atoms with Gasteiger partial charge in [0, 0.05) is 24.2 Å². The van der Waals surface area contributed by atoms with Gasteiger partial charge in [0.25, 0.3) is 0 Å². The Bertz CT molecular complexity index is 1090. The molecule has 1 N–H and O–H groups in total. The van der Waals surface area contributed by atoms with Crippen LogP contribution in [0.25, 0.3) is 5.69 Å². The Morgan fingerprint density at radius 1 is 1.15 bits per heavy atom. The van der Waals surface area contributed by atoms with E-state index in [0.29, 0.717) is 6.61 Å². The van der Waals surface area contributed by atoms with Crippen LogP contribution in [0.15, 0.2) is 53.4 Å². The van der Waals surface area contributed by atoms with Gasteiger partial charge in [0.15, 0.2) is 0 Å². The van der Waals surface area contributed by atoms with E-state index < -0.39 is 10.0 Å². The monoisotopic (exact) mass is 383 g/mol. The van der Waals surface area contributed by atoms with Crippen LogP contribution in [0.5, 0.6) is 5.75 Å². The fourth-order valence-corrected chi connectivity index (χ4v) is 4.38. The second-order valence-electron chi connectivity index (χ2n) is 6.59. The number of benzene rings is 2. The van der Waals surface area contributed by atoms with E-state index in [0.717, 1.165) is 40.4 Å². The van der Waals surface area contributed by atoms with Crippen LogP contribution in [-0.2, 0) is 23.0 Å². The summed E-state index contributed by atoms with van der Waals surface area (Å²) in [6, 6.07) is 14.8. The van der Waals surface area contributed by atoms with Crippen molar-refractivity contribution in [3.63, 3.8) is 0 Å². The third-order valence-corrected chi connectivity index (χ3v) is 6.25. The van der Waals surface area contributed by atoms with Gasteiger partial charge in [-0.25, -0.2) is 17.8 Å². The topological polar surface area (TPSA) is 73.2 Å². The highest BCUT2D eigenvalue weighted by atomic mass is 32.2. The molecule has 1 aliphatic heterocycles. The van der Waals surface area contributed by atoms with Crippen LogP contribution in [0.1, 0.15) is 22.5 Å². The first-order chi connectivity index (χ1) is 13.0. The third-order valence-electron chi connectivity index (χ3n) is 4.85. The van der Waals surface area contributed by atoms with Gasteiger partial charge in [-0.2, -0.15) is 5.10 Å². The molecule has 2 aromatic carbocycles. The van der Waals surface area contributed by atoms with Crippen molar-refractivity contribution >= 4 is 10.0 Å². The Morgan fingerprint density at radius 3 is 2.70 bits per heavy atom. The first-order valence-corrected chi connectivity index (χ1v) is 10.3. The molecule has 2 heterocycles. The normalized spacial score (nSPS) is 13.4. The van der Waals surface area contributed by atoms with Crippen LogP contribution in [0.3, 0.4) is 0 Å². The SMILES string of the molecule is Cc1nn(-c2ccccc2)c(C)c1CNS(=O)(=O)c1ccc2c(c1)CCO2. The summed E-state index contributed by atoms with van der Waals surface area (Å²) in [6.07, 6.45) is 0.737. The number of nitrogens with one attached hydrogen (secondary N) is 1. The molecule has 0 spiro atoms. The van der Waals surface area contributed by atoms with Crippen molar-refractivity contribution in [2.45, 2.75) is 31.7 Å². The van der Waals surface area contributed by atoms with Crippen LogP contribution in [0.2, 0.25) is 0 Å². The Morgan fingerprint density at radius 2 is 1.93 bits per heavy atom. The fourth-order valence-electron chi connectivity index (χ4n) is 3.33. The van der Waals surface area contributed by atoms with Crippen LogP contribution in [-0.4, -0.2) is 24.8 Å². The van der Waals surface area contributed by atoms with Crippen molar-refractivity contribution in [2.24, 2.45) is 0 Å². The number of para-hydroxylation sites is 1. The molecule has 6 nitrogen and oxygen atoms in total. The van der Waals surface area contributed by atoms with Gasteiger partial charge in [0.1, 0.15) is 5.75 Å². The van der Waals surface area contributed by atoms with E-state index in [-0.39, 0.29) is 11.4 Å². The molecular weight excluding hydrogens is 362 g/mol. The van der Waals surface area contributed by atoms with Crippen LogP contribution in [0.4, 0.5) is 0 Å². The molecule has 7 heteroatoms. The lowest BCUT2D eigenvalue weighted by molar-refractivity contribution is 0.356. The minimum absolute atomic E-state index is 0.195. The molecule has 0 amide bonds. The molecular formula is C20H21N3O3S. The van der Waals surface area contributed by atoms with Crippen molar-refractivity contribution in [2.75, 3.05) is 6.61 Å². The smallest absolute Gasteiger partial charge is 0.240 e. The van der Waals surface area contributed by atoms with Crippen molar-refractivity contribution < 1.29 is 13.2 Å². The number of sulfonamides is 1. The lowest BCUT2D eigenvalue weighted by atomic mass is 10.2. The lowest BCUT2D eigenvalue weighted by Crippen LogP contribution is -2.24. The average molecular weight is 383 g/mol. The lowest BCUT2D eigenvalue weighted by Gasteiger charge is -2.09. The molecule has 4 rings (SSSR count). The number of hydrogen-bond donors (Lipinski definition) is 1. The molecule has 0 atom stereocenters. The molecule has 3 aromatic rings. The zero-order chi connectivity index (χ0) is 19.0. The maximum atomic E-state index is 12.7. The van der Waals surface area contributed by atoms with Gasteiger partial charge in [-0.05, 0) is 49.7 Å². The van der Waals surface area contributed by atoms with Gasteiger partial charge in [-0.15, -0.1) is 0 Å². The minimum Gasteiger partial charge on any atom is -0.493 e. The summed E-state index contributed by atoms with van der Waals surface area (Å²) in [5, 5.41) is 4.57. The summed E-state index contributed by atoms with van der Waals surface area (Å²) >= 11 is 0. The number of rotatable bonds is 5. The van der Waals surface area contributed by atoms with E-state index in [1.165, 1.54) is 0 Å². The second kappa shape index (κ2) is 6.83. The summed E-state index contributed by atoms with van der Waals surface area (Å²) in [5.74, 6) is 0.768. The van der Waals surface area contributed by atoms with Crippen molar-refractivity contribution in [3.05, 3.63) is 71.0 Å². The first kappa shape index (κ1) is 17.8. The molecule has 0 bridgehead atoms. The van der Waals surface area contributed by atoms with E-state index in [1.807, 2.05) is 48.9 Å². The molecule has 0 radical (unpaired) electrons. The number of aryl methyl sites for hydroxylation is 1. The molecule has 140 valence electrons. The number of ether oxygens (including phenoxy) is 1. The molecule has 0 saturated carbocycles. The predicted molar refractivity (Wildman–Crippen MR) is 103 cm³/mol.